The number of ketones is 1. The first-order chi connectivity index (χ1) is 9.17. The van der Waals surface area contributed by atoms with Gasteiger partial charge in [-0.3, -0.25) is 4.79 Å². The number of aliphatic imine (C=N–C) groups is 1. The molecule has 2 atom stereocenters. The molecule has 1 aliphatic carbocycles. The molecular formula is C15H18N2O2. The lowest BCUT2D eigenvalue weighted by Gasteiger charge is -2.41. The smallest absolute Gasteiger partial charge is 0.205 e. The summed E-state index contributed by atoms with van der Waals surface area (Å²) in [6.07, 6.45) is 2.10. The molecule has 2 bridgehead atoms. The number of benzene rings is 1. The van der Waals surface area contributed by atoms with Crippen LogP contribution in [0.4, 0.5) is 0 Å². The summed E-state index contributed by atoms with van der Waals surface area (Å²) < 4.78 is 5.58. The Morgan fingerprint density at radius 2 is 2.26 bits per heavy atom. The van der Waals surface area contributed by atoms with Crippen molar-refractivity contribution in [3.63, 3.8) is 0 Å². The number of Topliss-reactive ketones (excluding diaryl/α,β-unsaturated/α-hetero) is 1. The third-order valence-electron chi connectivity index (χ3n) is 4.06. The highest BCUT2D eigenvalue weighted by atomic mass is 16.5. The second-order valence-electron chi connectivity index (χ2n) is 5.25. The maximum atomic E-state index is 12.7. The fraction of sp³-hybridized carbons (Fsp3) is 0.467. The van der Waals surface area contributed by atoms with Crippen LogP contribution < -0.4 is 5.73 Å². The minimum Gasteiger partial charge on any atom is -0.469 e. The number of aryl methyl sites for hydroxylation is 1. The summed E-state index contributed by atoms with van der Waals surface area (Å²) in [6, 6.07) is 7.96. The Morgan fingerprint density at radius 1 is 1.47 bits per heavy atom. The molecule has 1 aromatic carbocycles. The number of nitrogens with zero attached hydrogens (tertiary/aromatic N) is 1. The molecular weight excluding hydrogens is 240 g/mol. The van der Waals surface area contributed by atoms with Gasteiger partial charge in [0, 0.05) is 0 Å². The van der Waals surface area contributed by atoms with Gasteiger partial charge in [0.15, 0.2) is 17.5 Å². The van der Waals surface area contributed by atoms with Crippen molar-refractivity contribution in [1.29, 1.82) is 0 Å². The van der Waals surface area contributed by atoms with Gasteiger partial charge in [-0.15, -0.1) is 0 Å². The van der Waals surface area contributed by atoms with Crippen molar-refractivity contribution in [2.45, 2.75) is 37.8 Å². The monoisotopic (exact) mass is 258 g/mol. The molecule has 2 N–H and O–H groups in total. The van der Waals surface area contributed by atoms with Gasteiger partial charge in [-0.1, -0.05) is 24.3 Å². The Bertz CT molecular complexity index is 553. The number of rotatable bonds is 2. The summed E-state index contributed by atoms with van der Waals surface area (Å²) in [5.41, 5.74) is 6.99. The van der Waals surface area contributed by atoms with E-state index in [1.807, 2.05) is 31.2 Å². The molecule has 1 aromatic rings. The molecule has 0 radical (unpaired) electrons. The molecule has 1 fully saturated rings. The van der Waals surface area contributed by atoms with E-state index in [0.29, 0.717) is 5.90 Å². The van der Waals surface area contributed by atoms with Gasteiger partial charge in [-0.05, 0) is 37.3 Å². The van der Waals surface area contributed by atoms with E-state index in [-0.39, 0.29) is 18.4 Å². The van der Waals surface area contributed by atoms with Crippen molar-refractivity contribution in [3.8, 4) is 0 Å². The third-order valence-corrected chi connectivity index (χ3v) is 4.06. The zero-order valence-electron chi connectivity index (χ0n) is 11.1. The number of fused-ring (bicyclic) bond motifs is 2. The SMILES string of the molecule is Cc1ccccc1C12CCCC(OC(CN)=N1)C2=O. The van der Waals surface area contributed by atoms with Crippen LogP contribution in [-0.4, -0.2) is 24.3 Å². The van der Waals surface area contributed by atoms with Crippen molar-refractivity contribution in [2.24, 2.45) is 10.7 Å². The van der Waals surface area contributed by atoms with Crippen molar-refractivity contribution < 1.29 is 9.53 Å². The van der Waals surface area contributed by atoms with Gasteiger partial charge < -0.3 is 10.5 Å². The average molecular weight is 258 g/mol. The first kappa shape index (κ1) is 12.4. The van der Waals surface area contributed by atoms with Crippen LogP contribution in [0.15, 0.2) is 29.3 Å². The fourth-order valence-electron chi connectivity index (χ4n) is 3.15. The fourth-order valence-corrected chi connectivity index (χ4v) is 3.15. The Hall–Kier alpha value is -1.68. The van der Waals surface area contributed by atoms with Gasteiger partial charge in [-0.25, -0.2) is 4.99 Å². The molecule has 1 heterocycles. The zero-order chi connectivity index (χ0) is 13.5. The van der Waals surface area contributed by atoms with Crippen molar-refractivity contribution in [1.82, 2.24) is 0 Å². The van der Waals surface area contributed by atoms with Crippen molar-refractivity contribution >= 4 is 11.7 Å². The molecule has 2 aliphatic rings. The van der Waals surface area contributed by atoms with E-state index in [1.165, 1.54) is 0 Å². The normalized spacial score (nSPS) is 29.7. The van der Waals surface area contributed by atoms with Gasteiger partial charge >= 0.3 is 0 Å². The van der Waals surface area contributed by atoms with Crippen LogP contribution in [0.3, 0.4) is 0 Å². The minimum atomic E-state index is -0.763. The maximum Gasteiger partial charge on any atom is 0.205 e. The van der Waals surface area contributed by atoms with E-state index in [9.17, 15) is 4.79 Å². The quantitative estimate of drug-likeness (QED) is 0.878. The van der Waals surface area contributed by atoms with Crippen molar-refractivity contribution in [2.75, 3.05) is 6.54 Å². The van der Waals surface area contributed by atoms with Crippen LogP contribution in [0.5, 0.6) is 0 Å². The van der Waals surface area contributed by atoms with E-state index in [2.05, 4.69) is 4.99 Å². The molecule has 1 aliphatic heterocycles. The number of ether oxygens (including phenoxy) is 1. The van der Waals surface area contributed by atoms with Crippen LogP contribution in [0.1, 0.15) is 30.4 Å². The molecule has 3 rings (SSSR count). The average Bonchev–Trinajstić information content (AvgIpc) is 2.40. The van der Waals surface area contributed by atoms with Crippen LogP contribution in [-0.2, 0) is 15.1 Å². The number of nitrogens with two attached hydrogens (primary N) is 1. The van der Waals surface area contributed by atoms with Crippen LogP contribution in [0, 0.1) is 6.92 Å². The summed E-state index contributed by atoms with van der Waals surface area (Å²) in [6.45, 7) is 2.27. The molecule has 0 spiro atoms. The van der Waals surface area contributed by atoms with E-state index in [4.69, 9.17) is 10.5 Å². The van der Waals surface area contributed by atoms with E-state index in [1.54, 1.807) is 0 Å². The lowest BCUT2D eigenvalue weighted by atomic mass is 9.72. The van der Waals surface area contributed by atoms with Crippen LogP contribution in [0.2, 0.25) is 0 Å². The molecule has 100 valence electrons. The molecule has 4 heteroatoms. The molecule has 0 aromatic heterocycles. The molecule has 2 unspecified atom stereocenters. The number of carbonyl (C=O) groups is 1. The first-order valence-corrected chi connectivity index (χ1v) is 6.73. The second-order valence-corrected chi connectivity index (χ2v) is 5.25. The maximum absolute atomic E-state index is 12.7. The highest BCUT2D eigenvalue weighted by molar-refractivity contribution is 6.00. The molecule has 19 heavy (non-hydrogen) atoms. The van der Waals surface area contributed by atoms with Gasteiger partial charge in [0.1, 0.15) is 0 Å². The van der Waals surface area contributed by atoms with E-state index >= 15 is 0 Å². The topological polar surface area (TPSA) is 64.7 Å². The van der Waals surface area contributed by atoms with E-state index in [0.717, 1.165) is 30.4 Å². The molecule has 0 saturated heterocycles. The minimum absolute atomic E-state index is 0.0882. The third kappa shape index (κ3) is 1.78. The molecule has 1 saturated carbocycles. The second kappa shape index (κ2) is 4.46. The lowest BCUT2D eigenvalue weighted by Crippen LogP contribution is -2.52. The summed E-state index contributed by atoms with van der Waals surface area (Å²) in [7, 11) is 0. The van der Waals surface area contributed by atoms with Gasteiger partial charge in [0.2, 0.25) is 5.78 Å². The first-order valence-electron chi connectivity index (χ1n) is 6.73. The predicted octanol–water partition coefficient (Wildman–Crippen LogP) is 1.70. The van der Waals surface area contributed by atoms with Gasteiger partial charge in [0.05, 0.1) is 6.54 Å². The van der Waals surface area contributed by atoms with Gasteiger partial charge in [-0.2, -0.15) is 0 Å². The highest BCUT2D eigenvalue weighted by Crippen LogP contribution is 2.42. The Morgan fingerprint density at radius 3 is 3.00 bits per heavy atom. The number of carbonyl (C=O) groups excluding carboxylic acids is 1. The Labute approximate surface area is 112 Å². The summed E-state index contributed by atoms with van der Waals surface area (Å²) >= 11 is 0. The molecule has 0 amide bonds. The summed E-state index contributed by atoms with van der Waals surface area (Å²) in [5, 5.41) is 0. The summed E-state index contributed by atoms with van der Waals surface area (Å²) in [4.78, 5) is 17.3. The standard InChI is InChI=1S/C15H18N2O2/c1-10-5-2-3-6-11(10)15-8-4-7-12(14(15)18)19-13(9-16)17-15/h2-3,5-6,12H,4,7-9,16H2,1H3. The van der Waals surface area contributed by atoms with E-state index < -0.39 is 5.54 Å². The number of hydrogen-bond donors (Lipinski definition) is 1. The van der Waals surface area contributed by atoms with Crippen molar-refractivity contribution in [3.05, 3.63) is 35.4 Å². The Balaban J connectivity index is 2.18. The molecule has 4 nitrogen and oxygen atoms in total. The van der Waals surface area contributed by atoms with Crippen LogP contribution in [0.25, 0.3) is 0 Å². The Kier molecular flexibility index (Phi) is 2.90. The predicted molar refractivity (Wildman–Crippen MR) is 73.1 cm³/mol. The van der Waals surface area contributed by atoms with Gasteiger partial charge in [0.25, 0.3) is 0 Å². The largest absolute Gasteiger partial charge is 0.469 e. The summed E-state index contributed by atoms with van der Waals surface area (Å²) in [5.74, 6) is 0.595. The lowest BCUT2D eigenvalue weighted by molar-refractivity contribution is -0.137. The van der Waals surface area contributed by atoms with Crippen LogP contribution >= 0.6 is 0 Å². The number of hydrogen-bond acceptors (Lipinski definition) is 4. The zero-order valence-corrected chi connectivity index (χ0v) is 11.1. The highest BCUT2D eigenvalue weighted by Gasteiger charge is 2.51.